The van der Waals surface area contributed by atoms with Gasteiger partial charge in [-0.15, -0.1) is 0 Å². The van der Waals surface area contributed by atoms with Crippen molar-refractivity contribution in [2.45, 2.75) is 98.0 Å². The predicted molar refractivity (Wildman–Crippen MR) is 125 cm³/mol. The van der Waals surface area contributed by atoms with Gasteiger partial charge < -0.3 is 10.2 Å². The molecular weight excluding hydrogens is 368 g/mol. The van der Waals surface area contributed by atoms with Crippen LogP contribution in [0.5, 0.6) is 0 Å². The van der Waals surface area contributed by atoms with Crippen molar-refractivity contribution in [2.75, 3.05) is 6.61 Å². The van der Waals surface area contributed by atoms with Crippen LogP contribution in [0.3, 0.4) is 0 Å². The fourth-order valence-electron chi connectivity index (χ4n) is 8.61. The molecule has 2 N–H and O–H groups in total. The summed E-state index contributed by atoms with van der Waals surface area (Å²) < 4.78 is 0. The van der Waals surface area contributed by atoms with Crippen LogP contribution in [0, 0.1) is 46.3 Å². The second kappa shape index (κ2) is 8.39. The molecule has 0 heterocycles. The van der Waals surface area contributed by atoms with Crippen molar-refractivity contribution >= 4 is 0 Å². The van der Waals surface area contributed by atoms with Gasteiger partial charge in [-0.3, -0.25) is 0 Å². The number of aliphatic hydroxyl groups is 2. The first-order valence-corrected chi connectivity index (χ1v) is 12.9. The molecule has 4 aliphatic carbocycles. The Kier molecular flexibility index (Phi) is 6.32. The van der Waals surface area contributed by atoms with Crippen molar-refractivity contribution in [3.63, 3.8) is 0 Å². The minimum Gasteiger partial charge on any atom is -0.395 e. The van der Waals surface area contributed by atoms with Gasteiger partial charge in [0, 0.05) is 5.41 Å². The Hall–Kier alpha value is -0.600. The van der Waals surface area contributed by atoms with E-state index >= 15 is 0 Å². The lowest BCUT2D eigenvalue weighted by molar-refractivity contribution is -0.0794. The summed E-state index contributed by atoms with van der Waals surface area (Å²) in [4.78, 5) is 0. The van der Waals surface area contributed by atoms with Crippen molar-refractivity contribution < 1.29 is 10.2 Å². The third kappa shape index (κ3) is 3.54. The van der Waals surface area contributed by atoms with Crippen LogP contribution in [-0.4, -0.2) is 22.9 Å². The first kappa shape index (κ1) is 22.6. The average Bonchev–Trinajstić information content (AvgIpc) is 3.08. The molecule has 0 aromatic rings. The summed E-state index contributed by atoms with van der Waals surface area (Å²) in [5, 5.41) is 20.8. The molecule has 0 aliphatic heterocycles. The summed E-state index contributed by atoms with van der Waals surface area (Å²) in [5.41, 5.74) is 3.25. The maximum absolute atomic E-state index is 10.6. The van der Waals surface area contributed by atoms with E-state index in [2.05, 4.69) is 40.3 Å². The van der Waals surface area contributed by atoms with Crippen LogP contribution in [0.4, 0.5) is 0 Å². The third-order valence-electron chi connectivity index (χ3n) is 10.6. The van der Waals surface area contributed by atoms with Crippen LogP contribution in [0.1, 0.15) is 91.9 Å². The van der Waals surface area contributed by atoms with Crippen LogP contribution in [0.25, 0.3) is 0 Å². The first-order chi connectivity index (χ1) is 14.2. The van der Waals surface area contributed by atoms with E-state index < -0.39 is 0 Å². The van der Waals surface area contributed by atoms with Gasteiger partial charge in [-0.2, -0.15) is 0 Å². The van der Waals surface area contributed by atoms with Gasteiger partial charge in [0.05, 0.1) is 12.7 Å². The Morgan fingerprint density at radius 1 is 1.13 bits per heavy atom. The average molecular weight is 415 g/mol. The number of hydrogen-bond donors (Lipinski definition) is 2. The molecule has 4 aliphatic rings. The molecule has 3 fully saturated rings. The molecule has 0 unspecified atom stereocenters. The second-order valence-corrected chi connectivity index (χ2v) is 12.1. The molecular formula is C28H46O2. The molecule has 4 rings (SSSR count). The Bertz CT molecular complexity index is 678. The Morgan fingerprint density at radius 3 is 2.60 bits per heavy atom. The summed E-state index contributed by atoms with van der Waals surface area (Å²) in [5.74, 6) is 4.39. The van der Waals surface area contributed by atoms with Crippen LogP contribution in [-0.2, 0) is 0 Å². The van der Waals surface area contributed by atoms with E-state index in [1.165, 1.54) is 56.1 Å². The van der Waals surface area contributed by atoms with Crippen LogP contribution < -0.4 is 0 Å². The van der Waals surface area contributed by atoms with Crippen molar-refractivity contribution in [1.82, 2.24) is 0 Å². The van der Waals surface area contributed by atoms with Crippen LogP contribution in [0.2, 0.25) is 0 Å². The Labute approximate surface area is 185 Å². The molecule has 170 valence electrons. The minimum atomic E-state index is -0.196. The summed E-state index contributed by atoms with van der Waals surface area (Å²) in [6.45, 7) is 14.3. The normalized spacial score (nSPS) is 44.1. The van der Waals surface area contributed by atoms with E-state index in [9.17, 15) is 10.2 Å². The molecule has 0 spiro atoms. The quantitative estimate of drug-likeness (QED) is 0.485. The highest BCUT2D eigenvalue weighted by molar-refractivity contribution is 5.26. The second-order valence-electron chi connectivity index (χ2n) is 12.1. The highest BCUT2D eigenvalue weighted by atomic mass is 16.3. The zero-order chi connectivity index (χ0) is 21.7. The van der Waals surface area contributed by atoms with Crippen molar-refractivity contribution in [3.05, 3.63) is 23.8 Å². The van der Waals surface area contributed by atoms with Crippen LogP contribution >= 0.6 is 0 Å². The van der Waals surface area contributed by atoms with E-state index in [1.54, 1.807) is 0 Å². The van der Waals surface area contributed by atoms with Gasteiger partial charge in [0.1, 0.15) is 0 Å². The lowest BCUT2D eigenvalue weighted by Gasteiger charge is -2.59. The molecule has 0 aromatic carbocycles. The number of rotatable bonds is 6. The lowest BCUT2D eigenvalue weighted by atomic mass is 9.46. The molecule has 0 radical (unpaired) electrons. The van der Waals surface area contributed by atoms with E-state index in [1.807, 2.05) is 0 Å². The first-order valence-electron chi connectivity index (χ1n) is 12.9. The van der Waals surface area contributed by atoms with Crippen molar-refractivity contribution in [3.8, 4) is 0 Å². The van der Waals surface area contributed by atoms with Crippen molar-refractivity contribution in [2.24, 2.45) is 46.3 Å². The summed E-state index contributed by atoms with van der Waals surface area (Å²) in [6, 6.07) is 0. The monoisotopic (exact) mass is 414 g/mol. The third-order valence-corrected chi connectivity index (χ3v) is 10.6. The summed E-state index contributed by atoms with van der Waals surface area (Å²) in [7, 11) is 0. The summed E-state index contributed by atoms with van der Waals surface area (Å²) in [6.07, 6.45) is 13.9. The molecule has 2 nitrogen and oxygen atoms in total. The molecule has 3 saturated carbocycles. The smallest absolute Gasteiger partial charge is 0.0577 e. The molecule has 2 heteroatoms. The molecule has 8 atom stereocenters. The SMILES string of the molecule is C=C(CC[C@@H](C)[C@H]1CC[C@@H]2[C@H]3CC=C4C[C@@H](O)CC[C@]4(CO)[C@@H]3CC[C@@]21C)C(C)C. The fourth-order valence-corrected chi connectivity index (χ4v) is 8.61. The molecule has 0 amide bonds. The molecule has 0 aromatic heterocycles. The van der Waals surface area contributed by atoms with Gasteiger partial charge >= 0.3 is 0 Å². The summed E-state index contributed by atoms with van der Waals surface area (Å²) >= 11 is 0. The van der Waals surface area contributed by atoms with Gasteiger partial charge in [-0.1, -0.05) is 51.5 Å². The fraction of sp³-hybridized carbons (Fsp3) is 0.857. The van der Waals surface area contributed by atoms with Gasteiger partial charge in [0.2, 0.25) is 0 Å². The zero-order valence-electron chi connectivity index (χ0n) is 20.0. The standard InChI is InChI=1S/C28H46O2/c1-18(2)19(3)6-7-20(4)24-10-11-25-23-9-8-21-16-22(30)12-15-28(21,17-29)26(23)13-14-27(24,25)5/h8,18,20,22-26,29-30H,3,6-7,9-17H2,1-2,4-5H3/t20-,22+,23-,24-,25-,26-,27-,28-/m1/s1. The topological polar surface area (TPSA) is 40.5 Å². The highest BCUT2D eigenvalue weighted by Gasteiger charge is 2.60. The number of aliphatic hydroxyl groups excluding tert-OH is 2. The molecule has 30 heavy (non-hydrogen) atoms. The van der Waals surface area contributed by atoms with E-state index in [0.29, 0.717) is 17.3 Å². The molecule has 0 saturated heterocycles. The van der Waals surface area contributed by atoms with Gasteiger partial charge in [-0.25, -0.2) is 0 Å². The van der Waals surface area contributed by atoms with Gasteiger partial charge in [-0.05, 0) is 105 Å². The zero-order valence-corrected chi connectivity index (χ0v) is 20.0. The number of fused-ring (bicyclic) bond motifs is 5. The lowest BCUT2D eigenvalue weighted by Crippen LogP contribution is -2.53. The van der Waals surface area contributed by atoms with E-state index in [-0.39, 0.29) is 18.1 Å². The number of hydrogen-bond acceptors (Lipinski definition) is 2. The number of allylic oxidation sites excluding steroid dienone is 2. The predicted octanol–water partition coefficient (Wildman–Crippen LogP) is 6.53. The highest BCUT2D eigenvalue weighted by Crippen LogP contribution is 2.67. The Morgan fingerprint density at radius 2 is 1.90 bits per heavy atom. The largest absolute Gasteiger partial charge is 0.395 e. The van der Waals surface area contributed by atoms with Crippen LogP contribution in [0.15, 0.2) is 23.8 Å². The van der Waals surface area contributed by atoms with Gasteiger partial charge in [0.15, 0.2) is 0 Å². The maximum Gasteiger partial charge on any atom is 0.0577 e. The maximum atomic E-state index is 10.6. The van der Waals surface area contributed by atoms with Crippen molar-refractivity contribution in [1.29, 1.82) is 0 Å². The molecule has 0 bridgehead atoms. The van der Waals surface area contributed by atoms with E-state index in [4.69, 9.17) is 0 Å². The van der Waals surface area contributed by atoms with Gasteiger partial charge in [0.25, 0.3) is 0 Å². The minimum absolute atomic E-state index is 0.0256. The Balaban J connectivity index is 1.52. The van der Waals surface area contributed by atoms with E-state index in [0.717, 1.165) is 42.9 Å².